The van der Waals surface area contributed by atoms with Crippen molar-refractivity contribution in [1.82, 2.24) is 35.9 Å². The summed E-state index contributed by atoms with van der Waals surface area (Å²) in [6.07, 6.45) is -1.05. The molecule has 5 atom stereocenters. The van der Waals surface area contributed by atoms with E-state index in [0.29, 0.717) is 31.8 Å². The number of nitrogens with one attached hydrogen (secondary N) is 3. The van der Waals surface area contributed by atoms with Crippen LogP contribution in [0.1, 0.15) is 63.4 Å². The summed E-state index contributed by atoms with van der Waals surface area (Å²) >= 11 is 0. The first-order valence-electron chi connectivity index (χ1n) is 20.6. The van der Waals surface area contributed by atoms with Gasteiger partial charge >= 0.3 is 12.1 Å². The summed E-state index contributed by atoms with van der Waals surface area (Å²) < 4.78 is 10.2. The minimum absolute atomic E-state index is 0.103. The molecule has 1 saturated heterocycles. The van der Waals surface area contributed by atoms with Crippen LogP contribution in [-0.2, 0) is 33.8 Å². The fourth-order valence-corrected chi connectivity index (χ4v) is 7.61. The Morgan fingerprint density at radius 3 is 2.25 bits per heavy atom. The number of hydrogen-bond acceptors (Lipinski definition) is 9. The fraction of sp³-hybridized carbons (Fsp3) is 0.457. The molecule has 60 heavy (non-hydrogen) atoms. The third-order valence-electron chi connectivity index (χ3n) is 11.1. The summed E-state index contributed by atoms with van der Waals surface area (Å²) in [6.45, 7) is 12.6. The molecule has 1 aliphatic heterocycles. The van der Waals surface area contributed by atoms with Gasteiger partial charge in [-0.2, -0.15) is 0 Å². The lowest BCUT2D eigenvalue weighted by Gasteiger charge is -2.36. The Bertz CT molecular complexity index is 2080. The number of aromatic nitrogens is 1. The summed E-state index contributed by atoms with van der Waals surface area (Å²) in [7, 11) is 2.80. The molecule has 4 N–H and O–H groups in total. The number of aliphatic hydroxyl groups excluding tert-OH is 1. The number of aliphatic hydroxyl groups is 1. The third-order valence-corrected chi connectivity index (χ3v) is 11.1. The van der Waals surface area contributed by atoms with Gasteiger partial charge in [-0.3, -0.25) is 20.0 Å². The number of carbonyl (C=O) groups is 4. The van der Waals surface area contributed by atoms with Crippen molar-refractivity contribution in [2.75, 3.05) is 33.9 Å². The van der Waals surface area contributed by atoms with Crippen LogP contribution in [0, 0.1) is 18.3 Å². The van der Waals surface area contributed by atoms with E-state index in [4.69, 9.17) is 9.47 Å². The number of hydrogen-bond donors (Lipinski definition) is 4. The Labute approximate surface area is 353 Å². The number of nitrogens with zero attached hydrogens (tertiary/aromatic N) is 4. The molecule has 5 rings (SSSR count). The summed E-state index contributed by atoms with van der Waals surface area (Å²) in [4.78, 5) is 63.1. The molecule has 1 fully saturated rings. The van der Waals surface area contributed by atoms with Gasteiger partial charge < -0.3 is 35.0 Å². The predicted molar refractivity (Wildman–Crippen MR) is 231 cm³/mol. The summed E-state index contributed by atoms with van der Waals surface area (Å²) in [5.41, 5.74) is 6.64. The van der Waals surface area contributed by atoms with Gasteiger partial charge in [-0.05, 0) is 65.6 Å². The first kappa shape index (κ1) is 45.4. The summed E-state index contributed by atoms with van der Waals surface area (Å²) in [5, 5.41) is 20.5. The van der Waals surface area contributed by atoms with Crippen LogP contribution < -0.4 is 20.8 Å². The molecule has 3 aromatic carbocycles. The van der Waals surface area contributed by atoms with Gasteiger partial charge in [0.05, 0.1) is 31.9 Å². The van der Waals surface area contributed by atoms with Crippen LogP contribution >= 0.6 is 0 Å². The summed E-state index contributed by atoms with van der Waals surface area (Å²) in [5.74, 6) is -0.423. The van der Waals surface area contributed by atoms with Gasteiger partial charge in [0.25, 0.3) is 5.91 Å². The van der Waals surface area contributed by atoms with Crippen molar-refractivity contribution >= 4 is 34.8 Å². The van der Waals surface area contributed by atoms with Gasteiger partial charge in [-0.15, -0.1) is 0 Å². The van der Waals surface area contributed by atoms with E-state index < -0.39 is 41.6 Å². The number of ether oxygens (including phenoxy) is 2. The highest BCUT2D eigenvalue weighted by molar-refractivity contribution is 5.89. The molecule has 0 saturated carbocycles. The van der Waals surface area contributed by atoms with Crippen LogP contribution in [-0.4, -0.2) is 107 Å². The number of benzene rings is 3. The number of hydrazine groups is 1. The van der Waals surface area contributed by atoms with E-state index in [1.807, 2.05) is 114 Å². The van der Waals surface area contributed by atoms with Crippen LogP contribution in [0.3, 0.4) is 0 Å². The zero-order valence-electron chi connectivity index (χ0n) is 36.1. The molecular weight excluding hydrogens is 763 g/mol. The maximum Gasteiger partial charge on any atom is 0.407 e. The number of fused-ring (bicyclic) bond motifs is 1. The number of alkyl carbamates (subject to hydrolysis) is 1. The maximum atomic E-state index is 14.6. The minimum atomic E-state index is -1.21. The number of aryl methyl sites for hydroxylation is 1. The predicted octanol–water partition coefficient (Wildman–Crippen LogP) is 5.60. The first-order valence-corrected chi connectivity index (χ1v) is 20.6. The Hall–Kier alpha value is -5.73. The molecule has 0 aliphatic carbocycles. The largest absolute Gasteiger partial charge is 0.497 e. The molecular formula is C46H61N7O7. The van der Waals surface area contributed by atoms with Crippen molar-refractivity contribution in [3.05, 3.63) is 107 Å². The van der Waals surface area contributed by atoms with Crippen molar-refractivity contribution in [2.45, 2.75) is 91.7 Å². The van der Waals surface area contributed by atoms with E-state index in [9.17, 15) is 24.3 Å². The van der Waals surface area contributed by atoms with Crippen LogP contribution in [0.15, 0.2) is 84.9 Å². The molecule has 0 unspecified atom stereocenters. The standard InChI is InChI=1S/C46H61N7O7/c1-9-30(2)40(53-24-23-51(45(53)58)28-34-25-31(3)47-37-18-14-13-17-36(34)37)42(55)48-38(26-32-15-11-10-12-16-32)39(54)29-52(27-33-19-21-35(59-7)22-20-33)50-43(56)41(46(4,5)6)49-44(57)60-8/h10-22,25,30,38-41,54H,9,23-24,26-29H2,1-8H3,(H,48,55)(H,49,57)(H,50,56)/t30-,38-,39-,40-,41+/m0/s1. The zero-order chi connectivity index (χ0) is 43.6. The lowest BCUT2D eigenvalue weighted by molar-refractivity contribution is -0.132. The highest BCUT2D eigenvalue weighted by atomic mass is 16.5. The molecule has 4 aromatic rings. The number of urea groups is 1. The number of rotatable bonds is 18. The number of pyridine rings is 1. The lowest BCUT2D eigenvalue weighted by Crippen LogP contribution is -2.60. The molecule has 1 aliphatic rings. The Morgan fingerprint density at radius 2 is 1.60 bits per heavy atom. The Morgan fingerprint density at radius 1 is 0.917 bits per heavy atom. The van der Waals surface area contributed by atoms with Crippen LogP contribution in [0.25, 0.3) is 10.9 Å². The van der Waals surface area contributed by atoms with Crippen molar-refractivity contribution < 1.29 is 33.8 Å². The lowest BCUT2D eigenvalue weighted by atomic mass is 9.86. The van der Waals surface area contributed by atoms with E-state index >= 15 is 0 Å². The van der Waals surface area contributed by atoms with E-state index in [0.717, 1.165) is 33.3 Å². The topological polar surface area (TPSA) is 166 Å². The van der Waals surface area contributed by atoms with E-state index in [2.05, 4.69) is 21.0 Å². The third kappa shape index (κ3) is 11.7. The number of para-hydroxylation sites is 1. The van der Waals surface area contributed by atoms with Crippen molar-refractivity contribution in [1.29, 1.82) is 0 Å². The van der Waals surface area contributed by atoms with Gasteiger partial charge in [-0.25, -0.2) is 14.6 Å². The van der Waals surface area contributed by atoms with Crippen molar-refractivity contribution in [2.24, 2.45) is 11.3 Å². The van der Waals surface area contributed by atoms with Gasteiger partial charge in [0.15, 0.2) is 0 Å². The van der Waals surface area contributed by atoms with Crippen LogP contribution in [0.5, 0.6) is 5.75 Å². The second kappa shape index (κ2) is 20.5. The smallest absolute Gasteiger partial charge is 0.407 e. The van der Waals surface area contributed by atoms with E-state index in [-0.39, 0.29) is 37.4 Å². The summed E-state index contributed by atoms with van der Waals surface area (Å²) in [6, 6.07) is 23.9. The van der Waals surface area contributed by atoms with E-state index in [1.54, 1.807) is 34.1 Å². The average molecular weight is 824 g/mol. The molecule has 0 spiro atoms. The van der Waals surface area contributed by atoms with Gasteiger partial charge in [0, 0.05) is 43.8 Å². The molecule has 14 nitrogen and oxygen atoms in total. The van der Waals surface area contributed by atoms with Gasteiger partial charge in [0.2, 0.25) is 5.91 Å². The Balaban J connectivity index is 1.40. The van der Waals surface area contributed by atoms with E-state index in [1.165, 1.54) is 7.11 Å². The van der Waals surface area contributed by atoms with Crippen LogP contribution in [0.4, 0.5) is 9.59 Å². The molecule has 322 valence electrons. The van der Waals surface area contributed by atoms with Crippen molar-refractivity contribution in [3.8, 4) is 5.75 Å². The second-order valence-corrected chi connectivity index (χ2v) is 16.7. The SMILES string of the molecule is CC[C@H](C)[C@@H](C(=O)N[C@@H](Cc1ccccc1)[C@@H](O)CN(Cc1ccc(OC)cc1)NC(=O)[C@@H](NC(=O)OC)C(C)(C)C)N1CCN(Cc2cc(C)nc3ccccc23)C1=O. The highest BCUT2D eigenvalue weighted by Gasteiger charge is 2.41. The van der Waals surface area contributed by atoms with Crippen molar-refractivity contribution in [3.63, 3.8) is 0 Å². The van der Waals surface area contributed by atoms with Gasteiger partial charge in [-0.1, -0.05) is 102 Å². The maximum absolute atomic E-state index is 14.6. The fourth-order valence-electron chi connectivity index (χ4n) is 7.61. The quantitative estimate of drug-likeness (QED) is 0.0936. The number of methoxy groups -OCH3 is 2. The monoisotopic (exact) mass is 823 g/mol. The molecule has 2 heterocycles. The second-order valence-electron chi connectivity index (χ2n) is 16.7. The number of amides is 5. The minimum Gasteiger partial charge on any atom is -0.497 e. The average Bonchev–Trinajstić information content (AvgIpc) is 3.57. The highest BCUT2D eigenvalue weighted by Crippen LogP contribution is 2.26. The van der Waals surface area contributed by atoms with Gasteiger partial charge in [0.1, 0.15) is 17.8 Å². The normalized spacial score (nSPS) is 15.6. The molecule has 5 amide bonds. The zero-order valence-corrected chi connectivity index (χ0v) is 36.1. The molecule has 1 aromatic heterocycles. The number of carbonyl (C=O) groups excluding carboxylic acids is 4. The van der Waals surface area contributed by atoms with Crippen LogP contribution in [0.2, 0.25) is 0 Å². The molecule has 0 bridgehead atoms. The first-order chi connectivity index (χ1) is 28.6. The molecule has 14 heteroatoms. The Kier molecular flexibility index (Phi) is 15.5. The molecule has 0 radical (unpaired) electrons.